The van der Waals surface area contributed by atoms with Gasteiger partial charge in [0.2, 0.25) is 0 Å². The van der Waals surface area contributed by atoms with Crippen molar-refractivity contribution < 1.29 is 0 Å². The van der Waals surface area contributed by atoms with Crippen LogP contribution in [-0.2, 0) is 0 Å². The number of hydrogen-bond acceptors (Lipinski definition) is 2. The average molecular weight is 146 g/mol. The number of nitrogens with one attached hydrogen (secondary N) is 1. The van der Waals surface area contributed by atoms with Crippen LogP contribution < -0.4 is 0 Å². The summed E-state index contributed by atoms with van der Waals surface area (Å²) in [6.45, 7) is 5.32. The summed E-state index contributed by atoms with van der Waals surface area (Å²) in [6, 6.07) is 1.75. The maximum Gasteiger partial charge on any atom is 0.139 e. The smallest absolute Gasteiger partial charge is 0.139 e. The second-order valence-electron chi connectivity index (χ2n) is 1.84. The molecule has 0 unspecified atom stereocenters. The van der Waals surface area contributed by atoms with E-state index in [4.69, 9.17) is 10.7 Å². The van der Waals surface area contributed by atoms with Gasteiger partial charge in [-0.25, -0.2) is 0 Å². The van der Waals surface area contributed by atoms with Gasteiger partial charge in [-0.15, -0.1) is 0 Å². The SMILES string of the molecule is C=C/C=C(\C=C/C)C(=N)C#N. The first-order valence-electron chi connectivity index (χ1n) is 3.20. The van der Waals surface area contributed by atoms with Crippen molar-refractivity contribution in [3.05, 3.63) is 36.5 Å². The summed E-state index contributed by atoms with van der Waals surface area (Å²) in [5.41, 5.74) is 0.549. The lowest BCUT2D eigenvalue weighted by molar-refractivity contribution is 1.47. The van der Waals surface area contributed by atoms with Crippen LogP contribution in [0.4, 0.5) is 0 Å². The molecule has 0 atom stereocenters. The number of rotatable bonds is 3. The second-order valence-corrected chi connectivity index (χ2v) is 1.84. The average Bonchev–Trinajstić information content (AvgIpc) is 2.03. The zero-order chi connectivity index (χ0) is 8.69. The number of nitriles is 1. The van der Waals surface area contributed by atoms with E-state index in [0.29, 0.717) is 5.57 Å². The van der Waals surface area contributed by atoms with E-state index >= 15 is 0 Å². The van der Waals surface area contributed by atoms with Gasteiger partial charge in [0.05, 0.1) is 0 Å². The summed E-state index contributed by atoms with van der Waals surface area (Å²) >= 11 is 0. The predicted octanol–water partition coefficient (Wildman–Crippen LogP) is 2.22. The highest BCUT2D eigenvalue weighted by molar-refractivity contribution is 6.11. The molecule has 2 nitrogen and oxygen atoms in total. The minimum Gasteiger partial charge on any atom is -0.290 e. The standard InChI is InChI=1S/C9H10N2/c1-3-5-8(6-4-2)9(11)7-10/h3-6,11H,1H2,2H3/b6-4-,8-5+,11-9?. The van der Waals surface area contributed by atoms with Crippen molar-refractivity contribution >= 4 is 5.71 Å². The van der Waals surface area contributed by atoms with Gasteiger partial charge < -0.3 is 0 Å². The van der Waals surface area contributed by atoms with Gasteiger partial charge >= 0.3 is 0 Å². The van der Waals surface area contributed by atoms with Crippen molar-refractivity contribution in [1.29, 1.82) is 10.7 Å². The van der Waals surface area contributed by atoms with E-state index in [0.717, 1.165) is 0 Å². The van der Waals surface area contributed by atoms with Crippen molar-refractivity contribution in [2.75, 3.05) is 0 Å². The summed E-state index contributed by atoms with van der Waals surface area (Å²) in [6.07, 6.45) is 6.67. The molecular formula is C9H10N2. The Morgan fingerprint density at radius 3 is 2.64 bits per heavy atom. The Bertz CT molecular complexity index is 251. The zero-order valence-electron chi connectivity index (χ0n) is 6.46. The molecule has 0 fully saturated rings. The minimum absolute atomic E-state index is 0.0389. The largest absolute Gasteiger partial charge is 0.290 e. The molecule has 0 heterocycles. The number of allylic oxidation sites excluding steroid dienone is 5. The molecule has 0 saturated carbocycles. The third-order valence-corrected chi connectivity index (χ3v) is 1.04. The van der Waals surface area contributed by atoms with Crippen molar-refractivity contribution in [3.63, 3.8) is 0 Å². The maximum absolute atomic E-state index is 8.37. The molecule has 0 bridgehead atoms. The van der Waals surface area contributed by atoms with Crippen molar-refractivity contribution in [3.8, 4) is 6.07 Å². The fraction of sp³-hybridized carbons (Fsp3) is 0.111. The topological polar surface area (TPSA) is 47.6 Å². The summed E-state index contributed by atoms with van der Waals surface area (Å²) in [7, 11) is 0. The molecule has 0 radical (unpaired) electrons. The monoisotopic (exact) mass is 146 g/mol. The van der Waals surface area contributed by atoms with Gasteiger partial charge in [-0.3, -0.25) is 5.41 Å². The molecule has 0 saturated heterocycles. The van der Waals surface area contributed by atoms with E-state index in [9.17, 15) is 0 Å². The summed E-state index contributed by atoms with van der Waals surface area (Å²) in [5, 5.41) is 15.5. The van der Waals surface area contributed by atoms with Crippen LogP contribution >= 0.6 is 0 Å². The number of nitrogens with zero attached hydrogens (tertiary/aromatic N) is 1. The first kappa shape index (κ1) is 9.38. The molecule has 0 aromatic heterocycles. The Labute approximate surface area is 66.7 Å². The molecule has 0 aliphatic carbocycles. The second kappa shape index (κ2) is 5.19. The molecule has 0 rings (SSSR count). The van der Waals surface area contributed by atoms with Crippen LogP contribution in [0, 0.1) is 16.7 Å². The van der Waals surface area contributed by atoms with E-state index in [1.165, 1.54) is 0 Å². The van der Waals surface area contributed by atoms with Gasteiger partial charge in [0.1, 0.15) is 11.8 Å². The van der Waals surface area contributed by atoms with Crippen molar-refractivity contribution in [2.24, 2.45) is 0 Å². The molecule has 11 heavy (non-hydrogen) atoms. The lowest BCUT2D eigenvalue weighted by atomic mass is 10.1. The summed E-state index contributed by atoms with van der Waals surface area (Å²) in [4.78, 5) is 0. The Morgan fingerprint density at radius 2 is 2.27 bits per heavy atom. The normalized spacial score (nSPS) is 11.1. The van der Waals surface area contributed by atoms with E-state index in [-0.39, 0.29) is 5.71 Å². The Morgan fingerprint density at radius 1 is 1.64 bits per heavy atom. The van der Waals surface area contributed by atoms with Crippen LogP contribution in [0.1, 0.15) is 6.92 Å². The Balaban J connectivity index is 4.64. The third-order valence-electron chi connectivity index (χ3n) is 1.04. The van der Waals surface area contributed by atoms with Gasteiger partial charge in [0.25, 0.3) is 0 Å². The van der Waals surface area contributed by atoms with E-state index in [1.807, 2.05) is 6.92 Å². The Kier molecular flexibility index (Phi) is 4.42. The van der Waals surface area contributed by atoms with Gasteiger partial charge in [0.15, 0.2) is 0 Å². The van der Waals surface area contributed by atoms with Crippen LogP contribution in [0.2, 0.25) is 0 Å². The minimum atomic E-state index is -0.0389. The molecule has 0 aliphatic heterocycles. The van der Waals surface area contributed by atoms with Crippen LogP contribution in [0.15, 0.2) is 36.5 Å². The molecular weight excluding hydrogens is 136 g/mol. The first-order valence-corrected chi connectivity index (χ1v) is 3.20. The van der Waals surface area contributed by atoms with Crippen molar-refractivity contribution in [2.45, 2.75) is 6.92 Å². The highest BCUT2D eigenvalue weighted by Crippen LogP contribution is 1.98. The summed E-state index contributed by atoms with van der Waals surface area (Å²) < 4.78 is 0. The molecule has 1 N–H and O–H groups in total. The zero-order valence-corrected chi connectivity index (χ0v) is 6.46. The Hall–Kier alpha value is -1.62. The molecule has 0 aromatic rings. The van der Waals surface area contributed by atoms with Gasteiger partial charge in [-0.2, -0.15) is 5.26 Å². The molecule has 0 spiro atoms. The fourth-order valence-corrected chi connectivity index (χ4v) is 0.593. The van der Waals surface area contributed by atoms with Crippen LogP contribution in [0.25, 0.3) is 0 Å². The molecule has 0 aliphatic rings. The molecule has 0 amide bonds. The summed E-state index contributed by atoms with van der Waals surface area (Å²) in [5.74, 6) is 0. The lowest BCUT2D eigenvalue weighted by Gasteiger charge is -1.91. The van der Waals surface area contributed by atoms with Crippen LogP contribution in [-0.4, -0.2) is 5.71 Å². The van der Waals surface area contributed by atoms with Crippen LogP contribution in [0.5, 0.6) is 0 Å². The molecule has 56 valence electrons. The van der Waals surface area contributed by atoms with Gasteiger partial charge in [0, 0.05) is 5.57 Å². The van der Waals surface area contributed by atoms with Crippen molar-refractivity contribution in [1.82, 2.24) is 0 Å². The third kappa shape index (κ3) is 3.17. The van der Waals surface area contributed by atoms with E-state index in [2.05, 4.69) is 6.58 Å². The molecule has 2 heteroatoms. The first-order chi connectivity index (χ1) is 5.26. The maximum atomic E-state index is 8.37. The number of hydrogen-bond donors (Lipinski definition) is 1. The van der Waals surface area contributed by atoms with E-state index < -0.39 is 0 Å². The van der Waals surface area contributed by atoms with E-state index in [1.54, 1.807) is 30.4 Å². The van der Waals surface area contributed by atoms with Gasteiger partial charge in [-0.1, -0.05) is 30.9 Å². The lowest BCUT2D eigenvalue weighted by Crippen LogP contribution is -1.93. The fourth-order valence-electron chi connectivity index (χ4n) is 0.593. The highest BCUT2D eigenvalue weighted by atomic mass is 14.4. The quantitative estimate of drug-likeness (QED) is 0.481. The predicted molar refractivity (Wildman–Crippen MR) is 46.4 cm³/mol. The molecule has 0 aromatic carbocycles. The van der Waals surface area contributed by atoms with Gasteiger partial charge in [-0.05, 0) is 6.92 Å². The highest BCUT2D eigenvalue weighted by Gasteiger charge is 1.96. The van der Waals surface area contributed by atoms with Crippen LogP contribution in [0.3, 0.4) is 0 Å².